The summed E-state index contributed by atoms with van der Waals surface area (Å²) < 4.78 is 33.7. The number of pyridine rings is 1. The predicted octanol–water partition coefficient (Wildman–Crippen LogP) is 5.10. The molecule has 0 atom stereocenters. The van der Waals surface area contributed by atoms with Gasteiger partial charge >= 0.3 is 6.61 Å². The number of nitrogens with zero attached hydrogens (tertiary/aromatic N) is 6. The van der Waals surface area contributed by atoms with Gasteiger partial charge in [0.1, 0.15) is 11.4 Å². The number of aryl methyl sites for hydroxylation is 1. The van der Waals surface area contributed by atoms with Crippen LogP contribution in [-0.2, 0) is 12.3 Å². The summed E-state index contributed by atoms with van der Waals surface area (Å²) >= 11 is 1.56. The van der Waals surface area contributed by atoms with Crippen LogP contribution >= 0.6 is 11.8 Å². The molecule has 1 fully saturated rings. The monoisotopic (exact) mass is 484 g/mol. The number of ether oxygens (including phenoxy) is 1. The molecule has 0 unspecified atom stereocenters. The second-order valence-corrected chi connectivity index (χ2v) is 9.33. The number of hydrogen-bond acceptors (Lipinski definition) is 6. The first-order valence-corrected chi connectivity index (χ1v) is 12.3. The summed E-state index contributed by atoms with van der Waals surface area (Å²) in [5, 5.41) is 9.72. The zero-order chi connectivity index (χ0) is 23.5. The molecule has 5 rings (SSSR count). The van der Waals surface area contributed by atoms with Gasteiger partial charge in [-0.2, -0.15) is 8.78 Å². The van der Waals surface area contributed by atoms with Gasteiger partial charge in [0.2, 0.25) is 0 Å². The van der Waals surface area contributed by atoms with E-state index in [4.69, 9.17) is 4.98 Å². The molecule has 4 aromatic rings. The number of thioether (sulfide) groups is 1. The molecule has 0 saturated carbocycles. The van der Waals surface area contributed by atoms with Crippen molar-refractivity contribution in [3.05, 3.63) is 65.9 Å². The van der Waals surface area contributed by atoms with Crippen LogP contribution in [0, 0.1) is 6.92 Å². The van der Waals surface area contributed by atoms with Gasteiger partial charge in [0.15, 0.2) is 11.0 Å². The number of alkyl halides is 2. The van der Waals surface area contributed by atoms with Crippen LogP contribution < -0.4 is 4.74 Å². The molecule has 0 spiro atoms. The highest BCUT2D eigenvalue weighted by atomic mass is 32.2. The van der Waals surface area contributed by atoms with Crippen molar-refractivity contribution >= 4 is 17.4 Å². The van der Waals surface area contributed by atoms with Gasteiger partial charge in [-0.15, -0.1) is 10.2 Å². The maximum Gasteiger partial charge on any atom is 0.387 e. The summed E-state index contributed by atoms with van der Waals surface area (Å²) in [6, 6.07) is 10.7. The third kappa shape index (κ3) is 5.07. The second kappa shape index (κ2) is 10.1. The predicted molar refractivity (Wildman–Crippen MR) is 127 cm³/mol. The van der Waals surface area contributed by atoms with E-state index in [9.17, 15) is 8.78 Å². The third-order valence-electron chi connectivity index (χ3n) is 5.91. The lowest BCUT2D eigenvalue weighted by atomic mass is 10.1. The van der Waals surface area contributed by atoms with Gasteiger partial charge in [-0.1, -0.05) is 24.2 Å². The minimum atomic E-state index is -2.85. The lowest BCUT2D eigenvalue weighted by Gasteiger charge is -2.26. The van der Waals surface area contributed by atoms with E-state index in [2.05, 4.69) is 19.8 Å². The van der Waals surface area contributed by atoms with Gasteiger partial charge in [-0.05, 0) is 68.8 Å². The SMILES string of the molecule is Cc1cccn2cc(CSc3nnc(CN4CCCCC4)n3-c3ccc(OC(F)F)cc3)nc12. The molecule has 3 aromatic heterocycles. The molecule has 4 heterocycles. The Morgan fingerprint density at radius 3 is 2.59 bits per heavy atom. The summed E-state index contributed by atoms with van der Waals surface area (Å²) in [4.78, 5) is 7.14. The molecule has 0 amide bonds. The molecule has 1 aromatic carbocycles. The topological polar surface area (TPSA) is 60.5 Å². The van der Waals surface area contributed by atoms with Crippen LogP contribution in [0.15, 0.2) is 53.9 Å². The van der Waals surface area contributed by atoms with Gasteiger partial charge in [0.05, 0.1) is 12.2 Å². The Morgan fingerprint density at radius 2 is 1.85 bits per heavy atom. The molecule has 0 N–H and O–H groups in total. The molecule has 7 nitrogen and oxygen atoms in total. The molecule has 0 bridgehead atoms. The summed E-state index contributed by atoms with van der Waals surface area (Å²) in [6.07, 6.45) is 7.65. The van der Waals surface area contributed by atoms with Crippen molar-refractivity contribution in [3.8, 4) is 11.4 Å². The Morgan fingerprint density at radius 1 is 1.06 bits per heavy atom. The van der Waals surface area contributed by atoms with Crippen molar-refractivity contribution in [2.45, 2.75) is 50.3 Å². The van der Waals surface area contributed by atoms with E-state index in [-0.39, 0.29) is 5.75 Å². The molecule has 1 aliphatic heterocycles. The van der Waals surface area contributed by atoms with Crippen molar-refractivity contribution in [2.75, 3.05) is 13.1 Å². The largest absolute Gasteiger partial charge is 0.435 e. The standard InChI is InChI=1S/C24H26F2N6OS/c1-17-6-5-13-31-14-18(27-22(17)31)16-34-24-29-28-21(15-30-11-3-2-4-12-30)32(24)19-7-9-20(10-8-19)33-23(25)26/h5-10,13-14,23H,2-4,11-12,15-16H2,1H3. The van der Waals surface area contributed by atoms with Crippen molar-refractivity contribution in [1.82, 2.24) is 29.0 Å². The first-order chi connectivity index (χ1) is 16.6. The van der Waals surface area contributed by atoms with E-state index in [0.717, 1.165) is 46.7 Å². The van der Waals surface area contributed by atoms with E-state index < -0.39 is 6.61 Å². The maximum absolute atomic E-state index is 12.6. The lowest BCUT2D eigenvalue weighted by molar-refractivity contribution is -0.0498. The van der Waals surface area contributed by atoms with Crippen LogP contribution in [0.1, 0.15) is 36.3 Å². The molecule has 1 aliphatic rings. The van der Waals surface area contributed by atoms with Crippen LogP contribution in [0.25, 0.3) is 11.3 Å². The second-order valence-electron chi connectivity index (χ2n) is 8.39. The Balaban J connectivity index is 1.41. The fourth-order valence-electron chi connectivity index (χ4n) is 4.26. The summed E-state index contributed by atoms with van der Waals surface area (Å²) in [5.74, 6) is 1.59. The first-order valence-electron chi connectivity index (χ1n) is 11.3. The number of fused-ring (bicyclic) bond motifs is 1. The minimum Gasteiger partial charge on any atom is -0.435 e. The van der Waals surface area contributed by atoms with Crippen molar-refractivity contribution < 1.29 is 13.5 Å². The van der Waals surface area contributed by atoms with Crippen LogP contribution in [0.5, 0.6) is 5.75 Å². The van der Waals surface area contributed by atoms with E-state index >= 15 is 0 Å². The van der Waals surface area contributed by atoms with E-state index in [1.807, 2.05) is 40.4 Å². The Kier molecular flexibility index (Phi) is 6.77. The number of rotatable bonds is 8. The highest BCUT2D eigenvalue weighted by Gasteiger charge is 2.19. The van der Waals surface area contributed by atoms with Gasteiger partial charge < -0.3 is 9.14 Å². The zero-order valence-corrected chi connectivity index (χ0v) is 19.7. The van der Waals surface area contributed by atoms with Gasteiger partial charge in [0, 0.05) is 23.8 Å². The molecule has 34 heavy (non-hydrogen) atoms. The number of likely N-dealkylation sites (tertiary alicyclic amines) is 1. The highest BCUT2D eigenvalue weighted by molar-refractivity contribution is 7.98. The molecule has 10 heteroatoms. The number of imidazole rings is 1. The normalized spacial score (nSPS) is 14.8. The maximum atomic E-state index is 12.6. The molecule has 178 valence electrons. The smallest absolute Gasteiger partial charge is 0.387 e. The number of piperidine rings is 1. The Bertz CT molecular complexity index is 1250. The third-order valence-corrected chi connectivity index (χ3v) is 6.87. The minimum absolute atomic E-state index is 0.124. The van der Waals surface area contributed by atoms with Crippen LogP contribution in [0.3, 0.4) is 0 Å². The van der Waals surface area contributed by atoms with Gasteiger partial charge in [-0.3, -0.25) is 9.47 Å². The van der Waals surface area contributed by atoms with Gasteiger partial charge in [-0.25, -0.2) is 4.98 Å². The summed E-state index contributed by atoms with van der Waals surface area (Å²) in [7, 11) is 0. The molecule has 0 aliphatic carbocycles. The number of benzene rings is 1. The van der Waals surface area contributed by atoms with Crippen LogP contribution in [0.4, 0.5) is 8.78 Å². The highest BCUT2D eigenvalue weighted by Crippen LogP contribution is 2.28. The van der Waals surface area contributed by atoms with Crippen molar-refractivity contribution in [1.29, 1.82) is 0 Å². The molecule has 0 radical (unpaired) electrons. The molecular formula is C24H26F2N6OS. The van der Waals surface area contributed by atoms with Gasteiger partial charge in [0.25, 0.3) is 0 Å². The number of aromatic nitrogens is 5. The fraction of sp³-hybridized carbons (Fsp3) is 0.375. The van der Waals surface area contributed by atoms with Crippen molar-refractivity contribution in [3.63, 3.8) is 0 Å². The summed E-state index contributed by atoms with van der Waals surface area (Å²) in [5.41, 5.74) is 3.83. The Hall–Kier alpha value is -2.98. The molecule has 1 saturated heterocycles. The van der Waals surface area contributed by atoms with Crippen molar-refractivity contribution in [2.24, 2.45) is 0 Å². The number of halogens is 2. The zero-order valence-electron chi connectivity index (χ0n) is 18.9. The lowest BCUT2D eigenvalue weighted by Crippen LogP contribution is -2.30. The van der Waals surface area contributed by atoms with Crippen LogP contribution in [-0.4, -0.2) is 48.8 Å². The van der Waals surface area contributed by atoms with E-state index in [0.29, 0.717) is 12.3 Å². The van der Waals surface area contributed by atoms with Crippen LogP contribution in [0.2, 0.25) is 0 Å². The number of hydrogen-bond donors (Lipinski definition) is 0. The van der Waals surface area contributed by atoms with E-state index in [1.54, 1.807) is 36.0 Å². The average molecular weight is 485 g/mol. The average Bonchev–Trinajstić information content (AvgIpc) is 3.43. The first kappa shape index (κ1) is 22.8. The summed E-state index contributed by atoms with van der Waals surface area (Å²) in [6.45, 7) is 1.96. The van der Waals surface area contributed by atoms with E-state index in [1.165, 1.54) is 19.3 Å². The Labute approximate surface area is 200 Å². The molecular weight excluding hydrogens is 458 g/mol. The quantitative estimate of drug-likeness (QED) is 0.324. The fourth-order valence-corrected chi connectivity index (χ4v) is 5.12.